The molecule has 0 aliphatic heterocycles. The summed E-state index contributed by atoms with van der Waals surface area (Å²) >= 11 is 9.75. The van der Waals surface area contributed by atoms with Crippen LogP contribution in [0.1, 0.15) is 0 Å². The molecule has 20 rings (SSSR count). The zero-order valence-corrected chi connectivity index (χ0v) is 49.9. The minimum absolute atomic E-state index is 0.280. The molecule has 6 heterocycles. The first kappa shape index (κ1) is 51.4. The van der Waals surface area contributed by atoms with Crippen molar-refractivity contribution in [2.24, 2.45) is 0 Å². The smallest absolute Gasteiger partial charge is 0.235 e. The maximum Gasteiger partial charge on any atom is 0.235 e. The number of aromatic nitrogens is 6. The van der Waals surface area contributed by atoms with Crippen LogP contribution in [-0.2, 0) is 0 Å². The summed E-state index contributed by atoms with van der Waals surface area (Å²) in [7, 11) is 0. The number of aromatic amines is 1. The van der Waals surface area contributed by atoms with Crippen molar-refractivity contribution >= 4 is 183 Å². The predicted octanol–water partition coefficient (Wildman–Crippen LogP) is 23.0. The van der Waals surface area contributed by atoms with E-state index in [1.54, 1.807) is 0 Å². The van der Waals surface area contributed by atoms with Crippen LogP contribution >= 0.6 is 34.3 Å². The van der Waals surface area contributed by atoms with Crippen LogP contribution < -0.4 is 0 Å². The van der Waals surface area contributed by atoms with E-state index in [-0.39, 0.29) is 5.28 Å². The first-order valence-corrected chi connectivity index (χ1v) is 31.7. The summed E-state index contributed by atoms with van der Waals surface area (Å²) in [5, 5.41) is 23.1. The molecule has 6 nitrogen and oxygen atoms in total. The lowest BCUT2D eigenvalue weighted by atomic mass is 9.95. The molecule has 1 N–H and O–H groups in total. The molecule has 0 radical (unpaired) electrons. The number of benzene rings is 14. The number of hydrogen-bond donors (Lipinski definition) is 1. The van der Waals surface area contributed by atoms with Crippen molar-refractivity contribution in [2.45, 2.75) is 0 Å². The Morgan fingerprint density at radius 3 is 1.40 bits per heavy atom. The summed E-state index contributed by atoms with van der Waals surface area (Å²) in [4.78, 5) is 22.9. The van der Waals surface area contributed by atoms with Crippen LogP contribution in [-0.4, -0.2) is 29.5 Å². The van der Waals surface area contributed by atoms with Crippen molar-refractivity contribution in [1.29, 1.82) is 0 Å². The van der Waals surface area contributed by atoms with E-state index in [1.165, 1.54) is 116 Å². The van der Waals surface area contributed by atoms with E-state index >= 15 is 0 Å². The first-order valence-electron chi connectivity index (χ1n) is 29.7. The molecular weight excluding hydrogens is 1140 g/mol. The molecule has 0 atom stereocenters. The average Bonchev–Trinajstić information content (AvgIpc) is 1.58. The zero-order valence-electron chi connectivity index (χ0n) is 47.5. The van der Waals surface area contributed by atoms with Crippen LogP contribution in [0.5, 0.6) is 0 Å². The van der Waals surface area contributed by atoms with Gasteiger partial charge in [0.05, 0.1) is 39.0 Å². The van der Waals surface area contributed by atoms with Crippen molar-refractivity contribution in [3.63, 3.8) is 0 Å². The third-order valence-corrected chi connectivity index (χ3v) is 20.1. The summed E-state index contributed by atoms with van der Waals surface area (Å²) in [6.45, 7) is 0. The molecule has 9 heteroatoms. The highest BCUT2D eigenvalue weighted by molar-refractivity contribution is 7.27. The molecule has 14 aromatic carbocycles. The van der Waals surface area contributed by atoms with Gasteiger partial charge in [0.1, 0.15) is 0 Å². The maximum absolute atomic E-state index is 5.95. The second-order valence-corrected chi connectivity index (χ2v) is 24.9. The molecule has 6 aromatic heterocycles. The van der Waals surface area contributed by atoms with Gasteiger partial charge in [-0.25, -0.2) is 19.9 Å². The lowest BCUT2D eigenvalue weighted by molar-refractivity contribution is 1.02. The van der Waals surface area contributed by atoms with Gasteiger partial charge in [-0.3, -0.25) is 4.57 Å². The highest BCUT2D eigenvalue weighted by atomic mass is 35.5. The van der Waals surface area contributed by atoms with Crippen LogP contribution in [0.2, 0.25) is 5.28 Å². The predicted molar refractivity (Wildman–Crippen MR) is 381 cm³/mol. The highest BCUT2D eigenvalue weighted by Crippen LogP contribution is 2.51. The summed E-state index contributed by atoms with van der Waals surface area (Å²) in [6, 6.07) is 98.3. The third kappa shape index (κ3) is 8.15. The Balaban J connectivity index is 0.000000112. The fourth-order valence-corrected chi connectivity index (χ4v) is 16.5. The van der Waals surface area contributed by atoms with Gasteiger partial charge in [-0.15, -0.1) is 22.7 Å². The Morgan fingerprint density at radius 2 is 0.775 bits per heavy atom. The van der Waals surface area contributed by atoms with Gasteiger partial charge in [0.15, 0.2) is 0 Å². The number of para-hydroxylation sites is 4. The SMILES string of the molecule is Clc1nc(-c2ccccc2)c2ccccc2n1.c1ccc(-c2nc(-n3c4ccccc4c4c5ccc6ccccc6c5c5sc6ccccc6c5c43)nc3ccccc23)cc1.c1ccc2c(c1)ccc1c3c4ccccc4[nH]c3c3c4ccccc4sc3c21. The van der Waals surface area contributed by atoms with Crippen LogP contribution in [0.3, 0.4) is 0 Å². The average molecular weight is 1190 g/mol. The minimum Gasteiger partial charge on any atom is -0.354 e. The van der Waals surface area contributed by atoms with E-state index in [4.69, 9.17) is 21.6 Å². The number of thiophene rings is 2. The topological polar surface area (TPSA) is 72.3 Å². The van der Waals surface area contributed by atoms with Crippen LogP contribution in [0, 0.1) is 0 Å². The van der Waals surface area contributed by atoms with Gasteiger partial charge in [-0.1, -0.05) is 243 Å². The molecule has 0 saturated carbocycles. The Bertz CT molecular complexity index is 6270. The molecule has 0 spiro atoms. The molecule has 0 unspecified atom stereocenters. The Hall–Kier alpha value is -10.9. The van der Waals surface area contributed by atoms with Crippen molar-refractivity contribution in [3.8, 4) is 28.5 Å². The second kappa shape index (κ2) is 20.7. The molecular formula is C80H47ClN6S2. The Kier molecular flexibility index (Phi) is 11.9. The second-order valence-electron chi connectivity index (χ2n) is 22.5. The molecule has 20 aromatic rings. The maximum atomic E-state index is 5.95. The van der Waals surface area contributed by atoms with Crippen LogP contribution in [0.15, 0.2) is 279 Å². The minimum atomic E-state index is 0.280. The van der Waals surface area contributed by atoms with Crippen LogP contribution in [0.4, 0.5) is 0 Å². The summed E-state index contributed by atoms with van der Waals surface area (Å²) in [6.07, 6.45) is 0. The standard InChI is InChI=1S/C40H23N3S.C26H15NS.C14H9ClN2/c1-2-13-25(14-3-1)37-27-16-6-9-19-31(27)41-40(42-37)43-32-20-10-7-17-28(32)34-30-23-22-24-12-4-5-15-26(24)35(30)39-36(38(34)43)29-18-8-11-21-33(29)44-39;1-2-8-16-15(7-1)13-14-19-22-17-9-3-5-11-20(17)27-25(22)24-18-10-4-6-12-21(18)28-26(24)23(16)19;15-14-16-12-9-5-4-8-11(12)13(17-14)10-6-2-1-3-7-10/h1-23H;1-14,27H;1-9H. The van der Waals surface area contributed by atoms with Gasteiger partial charge in [-0.05, 0) is 80.3 Å². The highest BCUT2D eigenvalue weighted by Gasteiger charge is 2.25. The quantitative estimate of drug-likeness (QED) is 0.141. The van der Waals surface area contributed by atoms with Crippen molar-refractivity contribution in [1.82, 2.24) is 29.5 Å². The van der Waals surface area contributed by atoms with Gasteiger partial charge in [0.2, 0.25) is 11.2 Å². The third-order valence-electron chi connectivity index (χ3n) is 17.6. The number of fused-ring (bicyclic) bond motifs is 26. The number of nitrogens with zero attached hydrogens (tertiary/aromatic N) is 5. The molecule has 89 heavy (non-hydrogen) atoms. The lowest BCUT2D eigenvalue weighted by Gasteiger charge is -2.13. The van der Waals surface area contributed by atoms with Crippen molar-refractivity contribution in [2.75, 3.05) is 0 Å². The molecule has 416 valence electrons. The van der Waals surface area contributed by atoms with Crippen molar-refractivity contribution < 1.29 is 0 Å². The van der Waals surface area contributed by atoms with E-state index in [2.05, 4.69) is 238 Å². The van der Waals surface area contributed by atoms with Gasteiger partial charge in [-0.2, -0.15) is 0 Å². The number of rotatable bonds is 3. The fourth-order valence-electron chi connectivity index (χ4n) is 13.8. The fraction of sp³-hybridized carbons (Fsp3) is 0. The van der Waals surface area contributed by atoms with E-state index in [1.807, 2.05) is 83.3 Å². The summed E-state index contributed by atoms with van der Waals surface area (Å²) in [5.41, 5.74) is 10.5. The molecule has 0 bridgehead atoms. The number of H-pyrrole nitrogens is 1. The molecule has 0 fully saturated rings. The number of hydrogen-bond acceptors (Lipinski definition) is 6. The lowest BCUT2D eigenvalue weighted by Crippen LogP contribution is -2.03. The first-order chi connectivity index (χ1) is 44.1. The number of nitrogens with one attached hydrogen (secondary N) is 1. The van der Waals surface area contributed by atoms with Crippen LogP contribution in [0.25, 0.3) is 177 Å². The zero-order chi connectivity index (χ0) is 58.7. The normalized spacial score (nSPS) is 11.9. The van der Waals surface area contributed by atoms with Gasteiger partial charge in [0.25, 0.3) is 0 Å². The molecule has 0 aliphatic rings. The summed E-state index contributed by atoms with van der Waals surface area (Å²) in [5.74, 6) is 0.686. The van der Waals surface area contributed by atoms with Crippen molar-refractivity contribution in [3.05, 3.63) is 284 Å². The van der Waals surface area contributed by atoms with E-state index in [0.717, 1.165) is 55.4 Å². The van der Waals surface area contributed by atoms with E-state index < -0.39 is 0 Å². The Morgan fingerprint density at radius 1 is 0.315 bits per heavy atom. The molecule has 0 saturated heterocycles. The van der Waals surface area contributed by atoms with Gasteiger partial charge in [0, 0.05) is 100 Å². The number of halogens is 1. The van der Waals surface area contributed by atoms with E-state index in [9.17, 15) is 0 Å². The van der Waals surface area contributed by atoms with Gasteiger partial charge < -0.3 is 4.98 Å². The van der Waals surface area contributed by atoms with Gasteiger partial charge >= 0.3 is 0 Å². The monoisotopic (exact) mass is 1190 g/mol. The molecule has 0 amide bonds. The largest absolute Gasteiger partial charge is 0.354 e. The molecule has 0 aliphatic carbocycles. The van der Waals surface area contributed by atoms with E-state index in [0.29, 0.717) is 5.95 Å². The Labute approximate surface area is 521 Å². The summed E-state index contributed by atoms with van der Waals surface area (Å²) < 4.78 is 7.63.